The quantitative estimate of drug-likeness (QED) is 0.514. The Balaban J connectivity index is 2.41. The second kappa shape index (κ2) is 11.1. The van der Waals surface area contributed by atoms with E-state index >= 15 is 0 Å². The maximum Gasteiger partial charge on any atom is 0.191 e. The van der Waals surface area contributed by atoms with Crippen molar-refractivity contribution in [1.29, 1.82) is 0 Å². The van der Waals surface area contributed by atoms with Crippen molar-refractivity contribution in [2.75, 3.05) is 26.2 Å². The lowest BCUT2D eigenvalue weighted by Crippen LogP contribution is -2.42. The van der Waals surface area contributed by atoms with Crippen molar-refractivity contribution in [2.45, 2.75) is 53.1 Å². The van der Waals surface area contributed by atoms with Crippen LogP contribution in [0, 0.1) is 0 Å². The van der Waals surface area contributed by atoms with Crippen LogP contribution in [0.5, 0.6) is 0 Å². The molecule has 5 nitrogen and oxygen atoms in total. The highest BCUT2D eigenvalue weighted by Gasteiger charge is 2.06. The molecule has 1 aromatic heterocycles. The molecule has 1 heterocycles. The van der Waals surface area contributed by atoms with Gasteiger partial charge in [0.05, 0.1) is 6.54 Å². The van der Waals surface area contributed by atoms with E-state index in [1.165, 1.54) is 18.5 Å². The number of nitrogens with one attached hydrogen (secondary N) is 2. The van der Waals surface area contributed by atoms with Crippen molar-refractivity contribution < 1.29 is 0 Å². The zero-order valence-corrected chi connectivity index (χ0v) is 15.6. The maximum absolute atomic E-state index is 4.68. The van der Waals surface area contributed by atoms with Gasteiger partial charge in [-0.25, -0.2) is 4.99 Å². The number of nitrogens with zero attached hydrogens (tertiary/aromatic N) is 3. The highest BCUT2D eigenvalue weighted by atomic mass is 15.2. The number of guanidine groups is 1. The topological polar surface area (TPSA) is 44.6 Å². The van der Waals surface area contributed by atoms with Gasteiger partial charge in [0.1, 0.15) is 0 Å². The van der Waals surface area contributed by atoms with Gasteiger partial charge in [-0.2, -0.15) is 0 Å². The van der Waals surface area contributed by atoms with Crippen molar-refractivity contribution in [3.8, 4) is 0 Å². The third-order valence-electron chi connectivity index (χ3n) is 4.05. The molecule has 0 saturated carbocycles. The lowest BCUT2D eigenvalue weighted by atomic mass is 10.2. The van der Waals surface area contributed by atoms with E-state index in [9.17, 15) is 0 Å². The molecule has 132 valence electrons. The predicted molar refractivity (Wildman–Crippen MR) is 99.8 cm³/mol. The lowest BCUT2D eigenvalue weighted by Gasteiger charge is -2.21. The Labute approximate surface area is 142 Å². The maximum atomic E-state index is 4.68. The fourth-order valence-electron chi connectivity index (χ4n) is 2.61. The highest BCUT2D eigenvalue weighted by molar-refractivity contribution is 5.80. The van der Waals surface area contributed by atoms with Crippen LogP contribution in [0.1, 0.15) is 46.1 Å². The molecular formula is C18H35N5. The first-order valence-corrected chi connectivity index (χ1v) is 8.97. The standard InChI is InChI=1S/C18H35N5/c1-6-19-18(20-14-17-11-13-22(5)15-17)21-16(4)10-9-12-23(7-2)8-3/h11,13,15-16H,6-10,12,14H2,1-5H3,(H2,19,20,21). The minimum absolute atomic E-state index is 0.430. The molecule has 1 unspecified atom stereocenters. The highest BCUT2D eigenvalue weighted by Crippen LogP contribution is 2.02. The Morgan fingerprint density at radius 2 is 2.04 bits per heavy atom. The molecule has 0 aliphatic heterocycles. The number of rotatable bonds is 10. The molecule has 0 amide bonds. The van der Waals surface area contributed by atoms with Crippen LogP contribution in [0.4, 0.5) is 0 Å². The molecule has 0 bridgehead atoms. The number of hydrogen-bond donors (Lipinski definition) is 2. The Morgan fingerprint density at radius 1 is 1.30 bits per heavy atom. The molecule has 0 spiro atoms. The summed E-state index contributed by atoms with van der Waals surface area (Å²) in [4.78, 5) is 7.16. The van der Waals surface area contributed by atoms with Crippen LogP contribution in [0.2, 0.25) is 0 Å². The summed E-state index contributed by atoms with van der Waals surface area (Å²) < 4.78 is 2.06. The van der Waals surface area contributed by atoms with Gasteiger partial charge < -0.3 is 20.1 Å². The monoisotopic (exact) mass is 321 g/mol. The van der Waals surface area contributed by atoms with Crippen molar-refractivity contribution in [2.24, 2.45) is 12.0 Å². The first-order chi connectivity index (χ1) is 11.1. The Hall–Kier alpha value is -1.49. The minimum atomic E-state index is 0.430. The van der Waals surface area contributed by atoms with Crippen LogP contribution in [0.15, 0.2) is 23.5 Å². The normalized spacial score (nSPS) is 13.4. The summed E-state index contributed by atoms with van der Waals surface area (Å²) in [6, 6.07) is 2.54. The van der Waals surface area contributed by atoms with E-state index in [-0.39, 0.29) is 0 Å². The van der Waals surface area contributed by atoms with E-state index in [0.29, 0.717) is 12.6 Å². The van der Waals surface area contributed by atoms with Crippen LogP contribution in [-0.2, 0) is 13.6 Å². The molecule has 1 atom stereocenters. The van der Waals surface area contributed by atoms with Gasteiger partial charge in [0.25, 0.3) is 0 Å². The summed E-state index contributed by atoms with van der Waals surface area (Å²) in [5, 5.41) is 6.85. The van der Waals surface area contributed by atoms with E-state index in [1.54, 1.807) is 0 Å². The minimum Gasteiger partial charge on any atom is -0.357 e. The molecule has 0 aromatic carbocycles. The molecule has 1 rings (SSSR count). The van der Waals surface area contributed by atoms with Gasteiger partial charge in [-0.15, -0.1) is 0 Å². The average molecular weight is 322 g/mol. The Bertz CT molecular complexity index is 448. The smallest absolute Gasteiger partial charge is 0.191 e. The molecule has 0 saturated heterocycles. The zero-order valence-electron chi connectivity index (χ0n) is 15.6. The lowest BCUT2D eigenvalue weighted by molar-refractivity contribution is 0.292. The second-order valence-electron chi connectivity index (χ2n) is 6.09. The summed E-state index contributed by atoms with van der Waals surface area (Å²) in [6.07, 6.45) is 6.54. The van der Waals surface area contributed by atoms with Crippen molar-refractivity contribution in [3.63, 3.8) is 0 Å². The van der Waals surface area contributed by atoms with Crippen molar-refractivity contribution >= 4 is 5.96 Å². The van der Waals surface area contributed by atoms with E-state index in [1.807, 2.05) is 7.05 Å². The van der Waals surface area contributed by atoms with Gasteiger partial charge in [-0.1, -0.05) is 13.8 Å². The molecule has 2 N–H and O–H groups in total. The molecular weight excluding hydrogens is 286 g/mol. The van der Waals surface area contributed by atoms with Gasteiger partial charge >= 0.3 is 0 Å². The van der Waals surface area contributed by atoms with Crippen LogP contribution >= 0.6 is 0 Å². The molecule has 0 aliphatic carbocycles. The fourth-order valence-corrected chi connectivity index (χ4v) is 2.61. The number of aliphatic imine (C=N–C) groups is 1. The third kappa shape index (κ3) is 8.07. The first kappa shape index (κ1) is 19.6. The van der Waals surface area contributed by atoms with Crippen molar-refractivity contribution in [3.05, 3.63) is 24.0 Å². The van der Waals surface area contributed by atoms with Crippen LogP contribution in [-0.4, -0.2) is 47.6 Å². The fraction of sp³-hybridized carbons (Fsp3) is 0.722. The van der Waals surface area contributed by atoms with Crippen molar-refractivity contribution in [1.82, 2.24) is 20.1 Å². The molecule has 23 heavy (non-hydrogen) atoms. The average Bonchev–Trinajstić information content (AvgIpc) is 2.95. The SMILES string of the molecule is CCNC(=NCc1ccn(C)c1)NC(C)CCCN(CC)CC. The van der Waals surface area contributed by atoms with Gasteiger partial charge in [-0.05, 0) is 58.0 Å². The number of hydrogen-bond acceptors (Lipinski definition) is 2. The largest absolute Gasteiger partial charge is 0.357 e. The van der Waals surface area contributed by atoms with Gasteiger partial charge in [0.15, 0.2) is 5.96 Å². The summed E-state index contributed by atoms with van der Waals surface area (Å²) in [5.41, 5.74) is 1.24. The van der Waals surface area contributed by atoms with Crippen LogP contribution in [0.25, 0.3) is 0 Å². The second-order valence-corrected chi connectivity index (χ2v) is 6.09. The zero-order chi connectivity index (χ0) is 17.1. The van der Waals surface area contributed by atoms with E-state index in [0.717, 1.165) is 32.0 Å². The van der Waals surface area contributed by atoms with Crippen LogP contribution in [0.3, 0.4) is 0 Å². The molecule has 5 heteroatoms. The van der Waals surface area contributed by atoms with E-state index in [4.69, 9.17) is 0 Å². The Kier molecular flexibility index (Phi) is 9.45. The Morgan fingerprint density at radius 3 is 2.61 bits per heavy atom. The van der Waals surface area contributed by atoms with Gasteiger partial charge in [0, 0.05) is 32.0 Å². The molecule has 0 radical (unpaired) electrons. The summed E-state index contributed by atoms with van der Waals surface area (Å²) >= 11 is 0. The van der Waals surface area contributed by atoms with Gasteiger partial charge in [0.2, 0.25) is 0 Å². The van der Waals surface area contributed by atoms with E-state index < -0.39 is 0 Å². The third-order valence-corrected chi connectivity index (χ3v) is 4.05. The van der Waals surface area contributed by atoms with Gasteiger partial charge in [-0.3, -0.25) is 0 Å². The molecule has 0 fully saturated rings. The summed E-state index contributed by atoms with van der Waals surface area (Å²) in [6.45, 7) is 13.8. The summed E-state index contributed by atoms with van der Waals surface area (Å²) in [5.74, 6) is 0.909. The molecule has 1 aromatic rings. The summed E-state index contributed by atoms with van der Waals surface area (Å²) in [7, 11) is 2.04. The number of aromatic nitrogens is 1. The number of aryl methyl sites for hydroxylation is 1. The predicted octanol–water partition coefficient (Wildman–Crippen LogP) is 2.59. The van der Waals surface area contributed by atoms with Crippen LogP contribution < -0.4 is 10.6 Å². The molecule has 0 aliphatic rings. The van der Waals surface area contributed by atoms with E-state index in [2.05, 4.69) is 71.2 Å². The first-order valence-electron chi connectivity index (χ1n) is 8.97.